The van der Waals surface area contributed by atoms with E-state index in [0.29, 0.717) is 11.1 Å². The molecule has 5 rings (SSSR count). The second-order valence-electron chi connectivity index (χ2n) is 7.41. The topological polar surface area (TPSA) is 29.1 Å². The van der Waals surface area contributed by atoms with Gasteiger partial charge in [0.05, 0.1) is 21.3 Å². The highest BCUT2D eigenvalue weighted by Crippen LogP contribution is 2.44. The van der Waals surface area contributed by atoms with Crippen molar-refractivity contribution >= 4 is 62.5 Å². The summed E-state index contributed by atoms with van der Waals surface area (Å²) in [6, 6.07) is 13.1. The summed E-state index contributed by atoms with van der Waals surface area (Å²) in [6.07, 6.45) is 5.96. The minimum atomic E-state index is -0.249. The Kier molecular flexibility index (Phi) is 6.81. The van der Waals surface area contributed by atoms with Crippen LogP contribution in [0.4, 0.5) is 10.1 Å². The fraction of sp³-hybridized carbons (Fsp3) is 0.167. The molecule has 4 aromatic rings. The number of thiazole rings is 2. The van der Waals surface area contributed by atoms with Gasteiger partial charge in [0.25, 0.3) is 10.6 Å². The minimum Gasteiger partial charge on any atom is -1.00 e. The molecule has 2 aromatic heterocycles. The van der Waals surface area contributed by atoms with E-state index in [1.165, 1.54) is 28.0 Å². The van der Waals surface area contributed by atoms with E-state index in [9.17, 15) is 9.18 Å². The molecule has 0 fully saturated rings. The summed E-state index contributed by atoms with van der Waals surface area (Å²) in [7, 11) is 3.97. The van der Waals surface area contributed by atoms with Crippen molar-refractivity contribution in [3.8, 4) is 0 Å². The van der Waals surface area contributed by atoms with Crippen molar-refractivity contribution < 1.29 is 21.4 Å². The third kappa shape index (κ3) is 4.28. The zero-order valence-electron chi connectivity index (χ0n) is 18.2. The third-order valence-electron chi connectivity index (χ3n) is 5.48. The fourth-order valence-electron chi connectivity index (χ4n) is 3.74. The van der Waals surface area contributed by atoms with E-state index in [1.54, 1.807) is 39.8 Å². The number of fused-ring (bicyclic) bond motifs is 2. The molecule has 0 radical (unpaired) electrons. The maximum absolute atomic E-state index is 13.7. The average molecular weight is 518 g/mol. The van der Waals surface area contributed by atoms with Gasteiger partial charge in [0, 0.05) is 24.6 Å². The van der Waals surface area contributed by atoms with Crippen LogP contribution in [0.15, 0.2) is 63.3 Å². The van der Waals surface area contributed by atoms with E-state index in [-0.39, 0.29) is 23.8 Å². The number of halogens is 2. The molecule has 0 aliphatic carbocycles. The van der Waals surface area contributed by atoms with Gasteiger partial charge in [-0.1, -0.05) is 35.2 Å². The Labute approximate surface area is 209 Å². The second kappa shape index (κ2) is 9.46. The minimum absolute atomic E-state index is 0. The molecule has 0 spiro atoms. The monoisotopic (exact) mass is 517 g/mol. The molecule has 33 heavy (non-hydrogen) atoms. The first-order valence-electron chi connectivity index (χ1n) is 10.2. The SMILES string of the molecule is CCn1c(=O)/c(=C\C=C2\Sc3ccccc3N2C)s/c1=C/c1sc2ccc(F)cc2[n+]1C.[Cl-]. The Balaban J connectivity index is 0.00000259. The molecule has 1 aliphatic heterocycles. The summed E-state index contributed by atoms with van der Waals surface area (Å²) in [4.78, 5) is 16.4. The van der Waals surface area contributed by atoms with Crippen molar-refractivity contribution in [3.63, 3.8) is 0 Å². The summed E-state index contributed by atoms with van der Waals surface area (Å²) in [6.45, 7) is 2.57. The lowest BCUT2D eigenvalue weighted by molar-refractivity contribution is -0.642. The summed E-state index contributed by atoms with van der Waals surface area (Å²) in [5, 5.41) is 2.06. The van der Waals surface area contributed by atoms with Gasteiger partial charge in [0.15, 0.2) is 0 Å². The van der Waals surface area contributed by atoms with E-state index >= 15 is 0 Å². The molecule has 9 heteroatoms. The van der Waals surface area contributed by atoms with Crippen LogP contribution in [0.3, 0.4) is 0 Å². The van der Waals surface area contributed by atoms with E-state index in [0.717, 1.165) is 24.9 Å². The molecular weight excluding hydrogens is 497 g/mol. The molecule has 0 atom stereocenters. The number of thioether (sulfide) groups is 1. The Morgan fingerprint density at radius 3 is 2.67 bits per heavy atom. The Bertz CT molecular complexity index is 1570. The standard InChI is InChI=1S/C24H21FN3OS3.ClH/c1-4-28-23(14-22-27(3)17-13-15(25)9-10-19(17)31-22)32-20(24(28)29)11-12-21-26(2)16-7-5-6-8-18(16)30-21;/h5-14H,4H2,1-3H3;1H/q+1;/p-1/b20-11+,21-12+;. The average Bonchev–Trinajstić information content (AvgIpc) is 3.39. The first-order chi connectivity index (χ1) is 15.5. The largest absolute Gasteiger partial charge is 1.00 e. The Morgan fingerprint density at radius 1 is 1.12 bits per heavy atom. The van der Waals surface area contributed by atoms with E-state index < -0.39 is 0 Å². The first-order valence-corrected chi connectivity index (χ1v) is 12.6. The van der Waals surface area contributed by atoms with E-state index in [1.807, 2.05) is 55.9 Å². The molecule has 0 N–H and O–H groups in total. The van der Waals surface area contributed by atoms with Gasteiger partial charge in [-0.15, -0.1) is 11.3 Å². The number of nitrogens with zero attached hydrogens (tertiary/aromatic N) is 3. The molecule has 1 aliphatic rings. The lowest BCUT2D eigenvalue weighted by atomic mass is 10.3. The summed E-state index contributed by atoms with van der Waals surface area (Å²) < 4.78 is 20.0. The predicted molar refractivity (Wildman–Crippen MR) is 133 cm³/mol. The van der Waals surface area contributed by atoms with Crippen LogP contribution in [0.25, 0.3) is 22.4 Å². The summed E-state index contributed by atoms with van der Waals surface area (Å²) in [5.74, 6) is -0.249. The molecule has 0 amide bonds. The first kappa shape index (κ1) is 23.8. The maximum Gasteiger partial charge on any atom is 0.269 e. The van der Waals surface area contributed by atoms with Gasteiger partial charge in [-0.3, -0.25) is 9.36 Å². The highest BCUT2D eigenvalue weighted by Gasteiger charge is 2.20. The Hall–Kier alpha value is -2.39. The zero-order valence-corrected chi connectivity index (χ0v) is 21.4. The number of allylic oxidation sites excluding steroid dienone is 1. The lowest BCUT2D eigenvalue weighted by Gasteiger charge is -2.12. The van der Waals surface area contributed by atoms with Crippen molar-refractivity contribution in [3.05, 3.63) is 83.9 Å². The van der Waals surface area contributed by atoms with Gasteiger partial charge in [-0.25, -0.2) is 4.39 Å². The number of benzene rings is 2. The van der Waals surface area contributed by atoms with Crippen molar-refractivity contribution in [2.75, 3.05) is 11.9 Å². The van der Waals surface area contributed by atoms with Crippen molar-refractivity contribution in [1.82, 2.24) is 4.57 Å². The Morgan fingerprint density at radius 2 is 1.91 bits per heavy atom. The van der Waals surface area contributed by atoms with Crippen molar-refractivity contribution in [2.45, 2.75) is 18.4 Å². The molecule has 4 nitrogen and oxygen atoms in total. The number of aromatic nitrogens is 2. The van der Waals surface area contributed by atoms with Crippen LogP contribution in [-0.2, 0) is 13.6 Å². The molecule has 2 aromatic carbocycles. The van der Waals surface area contributed by atoms with Crippen molar-refractivity contribution in [2.24, 2.45) is 7.05 Å². The maximum atomic E-state index is 13.7. The number of hydrogen-bond acceptors (Lipinski definition) is 5. The van der Waals surface area contributed by atoms with Gasteiger partial charge in [0.2, 0.25) is 5.52 Å². The van der Waals surface area contributed by atoms with Crippen LogP contribution < -0.4 is 36.6 Å². The predicted octanol–water partition coefficient (Wildman–Crippen LogP) is 0.805. The zero-order chi connectivity index (χ0) is 22.4. The highest BCUT2D eigenvalue weighted by atomic mass is 35.5. The highest BCUT2D eigenvalue weighted by molar-refractivity contribution is 8.03. The van der Waals surface area contributed by atoms with Crippen LogP contribution in [0, 0.1) is 5.82 Å². The number of hydrogen-bond donors (Lipinski definition) is 0. The van der Waals surface area contributed by atoms with Gasteiger partial charge < -0.3 is 17.3 Å². The molecular formula is C24H21ClFN3OS3. The van der Waals surface area contributed by atoms with Gasteiger partial charge >= 0.3 is 0 Å². The van der Waals surface area contributed by atoms with E-state index in [4.69, 9.17) is 0 Å². The fourth-order valence-corrected chi connectivity index (χ4v) is 6.99. The van der Waals surface area contributed by atoms with Crippen LogP contribution >= 0.6 is 34.4 Å². The second-order valence-corrected chi connectivity index (χ2v) is 10.6. The van der Waals surface area contributed by atoms with E-state index in [2.05, 4.69) is 17.0 Å². The van der Waals surface area contributed by atoms with Crippen LogP contribution in [0.2, 0.25) is 0 Å². The molecule has 3 heterocycles. The lowest BCUT2D eigenvalue weighted by Crippen LogP contribution is -3.00. The molecule has 0 saturated heterocycles. The molecule has 0 saturated carbocycles. The molecule has 170 valence electrons. The third-order valence-corrected chi connectivity index (χ3v) is 8.90. The number of aryl methyl sites for hydroxylation is 1. The summed E-state index contributed by atoms with van der Waals surface area (Å²) in [5.41, 5.74) is 2.04. The number of anilines is 1. The van der Waals surface area contributed by atoms with Crippen LogP contribution in [0.1, 0.15) is 11.9 Å². The van der Waals surface area contributed by atoms with Crippen LogP contribution in [-0.4, -0.2) is 11.6 Å². The van der Waals surface area contributed by atoms with Crippen LogP contribution in [0.5, 0.6) is 0 Å². The number of rotatable bonds is 3. The van der Waals surface area contributed by atoms with Gasteiger partial charge in [-0.05, 0) is 43.3 Å². The molecule has 0 bridgehead atoms. The quantitative estimate of drug-likeness (QED) is 0.377. The molecule has 0 unspecified atom stereocenters. The normalized spacial score (nSPS) is 15.5. The number of para-hydroxylation sites is 1. The smallest absolute Gasteiger partial charge is 0.269 e. The van der Waals surface area contributed by atoms with Gasteiger partial charge in [0.1, 0.15) is 22.2 Å². The summed E-state index contributed by atoms with van der Waals surface area (Å²) >= 11 is 4.78. The van der Waals surface area contributed by atoms with Gasteiger partial charge in [-0.2, -0.15) is 4.57 Å². The van der Waals surface area contributed by atoms with Crippen molar-refractivity contribution in [1.29, 1.82) is 0 Å².